The van der Waals surface area contributed by atoms with Gasteiger partial charge in [-0.1, -0.05) is 12.1 Å². The van der Waals surface area contributed by atoms with E-state index < -0.39 is 11.8 Å². The van der Waals surface area contributed by atoms with Gasteiger partial charge in [0.2, 0.25) is 0 Å². The fourth-order valence-corrected chi connectivity index (χ4v) is 2.40. The van der Waals surface area contributed by atoms with Gasteiger partial charge in [0.15, 0.2) is 0 Å². The molecule has 22 heavy (non-hydrogen) atoms. The van der Waals surface area contributed by atoms with Gasteiger partial charge in [-0.25, -0.2) is 14.2 Å². The predicted octanol–water partition coefficient (Wildman–Crippen LogP) is 2.92. The number of carboxylic acids is 1. The lowest BCUT2D eigenvalue weighted by atomic mass is 9.99. The SMILES string of the molecule is Cc1c[nH]c(-c2cccc(F)c2-c2[nH]nc(C)c2C(=O)O)n1. The van der Waals surface area contributed by atoms with E-state index in [0.717, 1.165) is 5.69 Å². The Hall–Kier alpha value is -2.96. The number of H-pyrrole nitrogens is 2. The van der Waals surface area contributed by atoms with Gasteiger partial charge in [0.05, 0.1) is 17.1 Å². The first kappa shape index (κ1) is 14.0. The number of carboxylic acid groups (broad SMARTS) is 1. The highest BCUT2D eigenvalue weighted by atomic mass is 19.1. The lowest BCUT2D eigenvalue weighted by Crippen LogP contribution is -2.01. The molecule has 112 valence electrons. The smallest absolute Gasteiger partial charge is 0.339 e. The summed E-state index contributed by atoms with van der Waals surface area (Å²) in [6.45, 7) is 3.36. The molecule has 0 saturated carbocycles. The van der Waals surface area contributed by atoms with E-state index in [9.17, 15) is 14.3 Å². The minimum Gasteiger partial charge on any atom is -0.478 e. The maximum Gasteiger partial charge on any atom is 0.339 e. The van der Waals surface area contributed by atoms with E-state index in [2.05, 4.69) is 20.2 Å². The normalized spacial score (nSPS) is 10.9. The number of aromatic nitrogens is 4. The number of aromatic amines is 2. The summed E-state index contributed by atoms with van der Waals surface area (Å²) in [6, 6.07) is 4.50. The zero-order valence-corrected chi connectivity index (χ0v) is 11.9. The maximum atomic E-state index is 14.4. The van der Waals surface area contributed by atoms with Gasteiger partial charge in [0, 0.05) is 17.3 Å². The molecule has 3 aromatic rings. The summed E-state index contributed by atoms with van der Waals surface area (Å²) in [5.74, 6) is -1.24. The Morgan fingerprint density at radius 3 is 2.73 bits per heavy atom. The highest BCUT2D eigenvalue weighted by Gasteiger charge is 2.24. The molecule has 0 spiro atoms. The van der Waals surface area contributed by atoms with Crippen molar-refractivity contribution >= 4 is 5.97 Å². The Bertz CT molecular complexity index is 866. The molecule has 1 aromatic carbocycles. The van der Waals surface area contributed by atoms with E-state index in [1.54, 1.807) is 25.3 Å². The van der Waals surface area contributed by atoms with Crippen LogP contribution in [0.15, 0.2) is 24.4 Å². The number of imidazole rings is 1. The van der Waals surface area contributed by atoms with Crippen molar-refractivity contribution in [2.45, 2.75) is 13.8 Å². The first-order valence-electron chi connectivity index (χ1n) is 6.58. The van der Waals surface area contributed by atoms with Crippen molar-refractivity contribution in [2.24, 2.45) is 0 Å². The molecule has 7 heteroatoms. The van der Waals surface area contributed by atoms with Gasteiger partial charge in [0.25, 0.3) is 0 Å². The van der Waals surface area contributed by atoms with Gasteiger partial charge in [0.1, 0.15) is 17.2 Å². The topological polar surface area (TPSA) is 94.7 Å². The average molecular weight is 300 g/mol. The fourth-order valence-electron chi connectivity index (χ4n) is 2.40. The van der Waals surface area contributed by atoms with E-state index in [1.165, 1.54) is 6.07 Å². The Labute approximate surface area is 125 Å². The summed E-state index contributed by atoms with van der Waals surface area (Å²) in [6.07, 6.45) is 1.69. The van der Waals surface area contributed by atoms with Crippen molar-refractivity contribution in [3.63, 3.8) is 0 Å². The number of nitrogens with zero attached hydrogens (tertiary/aromatic N) is 2. The van der Waals surface area contributed by atoms with E-state index in [0.29, 0.717) is 17.1 Å². The van der Waals surface area contributed by atoms with E-state index >= 15 is 0 Å². The molecule has 0 amide bonds. The number of rotatable bonds is 3. The van der Waals surface area contributed by atoms with Crippen LogP contribution in [0.2, 0.25) is 0 Å². The van der Waals surface area contributed by atoms with Crippen molar-refractivity contribution in [1.29, 1.82) is 0 Å². The van der Waals surface area contributed by atoms with Gasteiger partial charge < -0.3 is 10.1 Å². The van der Waals surface area contributed by atoms with Crippen LogP contribution in [-0.2, 0) is 0 Å². The molecule has 6 nitrogen and oxygen atoms in total. The van der Waals surface area contributed by atoms with Crippen LogP contribution >= 0.6 is 0 Å². The second-order valence-corrected chi connectivity index (χ2v) is 4.92. The quantitative estimate of drug-likeness (QED) is 0.693. The van der Waals surface area contributed by atoms with Crippen molar-refractivity contribution in [3.05, 3.63) is 47.2 Å². The number of nitrogens with one attached hydrogen (secondary N) is 2. The van der Waals surface area contributed by atoms with E-state index in [-0.39, 0.29) is 16.8 Å². The minimum absolute atomic E-state index is 0.0466. The van der Waals surface area contributed by atoms with E-state index in [4.69, 9.17) is 0 Å². The zero-order valence-electron chi connectivity index (χ0n) is 11.9. The van der Waals surface area contributed by atoms with Gasteiger partial charge in [-0.05, 0) is 19.9 Å². The van der Waals surface area contributed by atoms with Crippen LogP contribution < -0.4 is 0 Å². The summed E-state index contributed by atoms with van der Waals surface area (Å²) >= 11 is 0. The Morgan fingerprint density at radius 1 is 1.32 bits per heavy atom. The third-order valence-electron chi connectivity index (χ3n) is 3.39. The third kappa shape index (κ3) is 2.16. The van der Waals surface area contributed by atoms with Crippen molar-refractivity contribution in [1.82, 2.24) is 20.2 Å². The molecule has 0 bridgehead atoms. The van der Waals surface area contributed by atoms with Crippen LogP contribution in [0, 0.1) is 19.7 Å². The highest BCUT2D eigenvalue weighted by Crippen LogP contribution is 2.34. The van der Waals surface area contributed by atoms with E-state index in [1.807, 2.05) is 6.92 Å². The van der Waals surface area contributed by atoms with Crippen molar-refractivity contribution < 1.29 is 14.3 Å². The van der Waals surface area contributed by atoms with Gasteiger partial charge in [-0.3, -0.25) is 5.10 Å². The summed E-state index contributed by atoms with van der Waals surface area (Å²) in [4.78, 5) is 18.7. The molecule has 0 aliphatic heterocycles. The lowest BCUT2D eigenvalue weighted by Gasteiger charge is -2.08. The molecule has 2 heterocycles. The first-order valence-corrected chi connectivity index (χ1v) is 6.58. The van der Waals surface area contributed by atoms with Crippen molar-refractivity contribution in [3.8, 4) is 22.6 Å². The highest BCUT2D eigenvalue weighted by molar-refractivity contribution is 5.98. The number of hydrogen-bond donors (Lipinski definition) is 3. The lowest BCUT2D eigenvalue weighted by molar-refractivity contribution is 0.0697. The standard InChI is InChI=1S/C15H13FN4O2/c1-7-6-17-14(18-7)9-4-3-5-10(16)12(9)13-11(15(21)22)8(2)19-20-13/h3-6H,1-2H3,(H,17,18)(H,19,20)(H,21,22). The molecule has 0 atom stereocenters. The number of aromatic carboxylic acids is 1. The third-order valence-corrected chi connectivity index (χ3v) is 3.39. The summed E-state index contributed by atoms with van der Waals surface area (Å²) in [5.41, 5.74) is 1.74. The molecule has 0 fully saturated rings. The molecule has 0 radical (unpaired) electrons. The van der Waals surface area contributed by atoms with Crippen LogP contribution in [0.4, 0.5) is 4.39 Å². The molecular weight excluding hydrogens is 287 g/mol. The zero-order chi connectivity index (χ0) is 15.9. The first-order chi connectivity index (χ1) is 10.5. The van der Waals surface area contributed by atoms with Crippen LogP contribution in [0.3, 0.4) is 0 Å². The number of aryl methyl sites for hydroxylation is 2. The summed E-state index contributed by atoms with van der Waals surface area (Å²) < 4.78 is 14.4. The molecule has 0 unspecified atom stereocenters. The molecular formula is C15H13FN4O2. The van der Waals surface area contributed by atoms with Gasteiger partial charge in [-0.15, -0.1) is 0 Å². The molecule has 0 aliphatic rings. The monoisotopic (exact) mass is 300 g/mol. The van der Waals surface area contributed by atoms with Crippen LogP contribution in [0.25, 0.3) is 22.6 Å². The average Bonchev–Trinajstić information content (AvgIpc) is 3.04. The minimum atomic E-state index is -1.16. The number of carbonyl (C=O) groups is 1. The van der Waals surface area contributed by atoms with Gasteiger partial charge >= 0.3 is 5.97 Å². The molecule has 3 N–H and O–H groups in total. The largest absolute Gasteiger partial charge is 0.478 e. The number of halogens is 1. The molecule has 3 rings (SSSR count). The Morgan fingerprint density at radius 2 is 2.09 bits per heavy atom. The molecule has 2 aromatic heterocycles. The number of hydrogen-bond acceptors (Lipinski definition) is 3. The Kier molecular flexibility index (Phi) is 3.25. The second kappa shape index (κ2) is 5.10. The van der Waals surface area contributed by atoms with Crippen molar-refractivity contribution in [2.75, 3.05) is 0 Å². The number of benzene rings is 1. The fraction of sp³-hybridized carbons (Fsp3) is 0.133. The summed E-state index contributed by atoms with van der Waals surface area (Å²) in [5, 5.41) is 15.9. The van der Waals surface area contributed by atoms with Crippen LogP contribution in [-0.4, -0.2) is 31.2 Å². The molecule has 0 aliphatic carbocycles. The van der Waals surface area contributed by atoms with Crippen LogP contribution in [0.5, 0.6) is 0 Å². The summed E-state index contributed by atoms with van der Waals surface area (Å²) in [7, 11) is 0. The maximum absolute atomic E-state index is 14.4. The Balaban J connectivity index is 2.30. The molecule has 0 saturated heterocycles. The van der Waals surface area contributed by atoms with Gasteiger partial charge in [-0.2, -0.15) is 5.10 Å². The second-order valence-electron chi connectivity index (χ2n) is 4.92. The van der Waals surface area contributed by atoms with Crippen LogP contribution in [0.1, 0.15) is 21.7 Å². The predicted molar refractivity (Wildman–Crippen MR) is 78.0 cm³/mol.